The summed E-state index contributed by atoms with van der Waals surface area (Å²) in [5.41, 5.74) is 0.147. The molecule has 41 heavy (non-hydrogen) atoms. The monoisotopic (exact) mass is 660 g/mol. The molecule has 3 atom stereocenters. The van der Waals surface area contributed by atoms with Crippen molar-refractivity contribution in [3.8, 4) is 0 Å². The molecule has 0 radical (unpaired) electrons. The molecule has 4 N–H and O–H groups in total. The molecule has 0 bridgehead atoms. The van der Waals surface area contributed by atoms with Crippen LogP contribution in [0.4, 0.5) is 4.79 Å². The van der Waals surface area contributed by atoms with Gasteiger partial charge >= 0.3 is 254 Å². The van der Waals surface area contributed by atoms with Crippen molar-refractivity contribution in [2.45, 2.75) is 77.6 Å². The number of esters is 1. The number of thioether (sulfide) groups is 1. The standard InChI is InChI=1S/C28H44N4O7SSe/c1-18(2)15-21(31-27(37)39-28(3,4)5)24(34)29-17-23(33)41-32-20(13-14-40-7)25(35)30-22(26(36)38-6)16-19-11-9-8-10-12-19/h8-12,18,20-22,32H,13-17H2,1-7H3,(H,29,34)(H,30,35)(H,31,37)/t20-,21-,22-/m0/s1. The number of carbonyl (C=O) groups excluding carboxylic acids is 5. The molecule has 0 saturated heterocycles. The summed E-state index contributed by atoms with van der Waals surface area (Å²) in [6, 6.07) is 6.81. The topological polar surface area (TPSA) is 152 Å². The molecular formula is C28H44N4O7SSe. The quantitative estimate of drug-likeness (QED) is 0.145. The number of nitrogens with one attached hydrogen (secondary N) is 4. The number of hydrogen-bond donors (Lipinski definition) is 4. The van der Waals surface area contributed by atoms with Crippen molar-refractivity contribution < 1.29 is 33.4 Å². The van der Waals surface area contributed by atoms with Gasteiger partial charge in [0.1, 0.15) is 0 Å². The molecule has 0 aliphatic heterocycles. The molecule has 1 aromatic rings. The fourth-order valence-corrected chi connectivity index (χ4v) is 5.37. The van der Waals surface area contributed by atoms with E-state index in [1.165, 1.54) is 7.11 Å². The van der Waals surface area contributed by atoms with E-state index < -0.39 is 62.8 Å². The molecule has 3 amide bonds. The molecule has 1 aromatic carbocycles. The Balaban J connectivity index is 2.75. The van der Waals surface area contributed by atoms with Crippen LogP contribution < -0.4 is 20.3 Å². The predicted octanol–water partition coefficient (Wildman–Crippen LogP) is 1.80. The van der Waals surface area contributed by atoms with Gasteiger partial charge in [-0.15, -0.1) is 0 Å². The fraction of sp³-hybridized carbons (Fsp3) is 0.607. The molecule has 13 heteroatoms. The second kappa shape index (κ2) is 18.8. The first-order valence-electron chi connectivity index (χ1n) is 13.4. The third-order valence-corrected chi connectivity index (χ3v) is 7.72. The van der Waals surface area contributed by atoms with Gasteiger partial charge in [-0.05, 0) is 0 Å². The van der Waals surface area contributed by atoms with E-state index in [0.717, 1.165) is 5.56 Å². The first-order chi connectivity index (χ1) is 19.2. The summed E-state index contributed by atoms with van der Waals surface area (Å²) in [6.45, 7) is 8.75. The van der Waals surface area contributed by atoms with Crippen LogP contribution in [0, 0.1) is 5.92 Å². The second-order valence-electron chi connectivity index (χ2n) is 10.7. The zero-order valence-corrected chi connectivity index (χ0v) is 27.4. The van der Waals surface area contributed by atoms with Crippen molar-refractivity contribution in [1.29, 1.82) is 0 Å². The van der Waals surface area contributed by atoms with Crippen molar-refractivity contribution in [3.05, 3.63) is 35.9 Å². The molecule has 0 aliphatic carbocycles. The Kier molecular flexibility index (Phi) is 16.7. The first-order valence-corrected chi connectivity index (χ1v) is 16.5. The first kappa shape index (κ1) is 36.4. The zero-order valence-electron chi connectivity index (χ0n) is 24.9. The summed E-state index contributed by atoms with van der Waals surface area (Å²) >= 11 is 0.719. The van der Waals surface area contributed by atoms with Gasteiger partial charge in [0.15, 0.2) is 0 Å². The van der Waals surface area contributed by atoms with Crippen LogP contribution in [0.2, 0.25) is 0 Å². The zero-order chi connectivity index (χ0) is 31.0. The molecule has 11 nitrogen and oxygen atoms in total. The van der Waals surface area contributed by atoms with Gasteiger partial charge in [0.2, 0.25) is 0 Å². The van der Waals surface area contributed by atoms with Gasteiger partial charge in [0, 0.05) is 0 Å². The van der Waals surface area contributed by atoms with Gasteiger partial charge in [-0.1, -0.05) is 0 Å². The van der Waals surface area contributed by atoms with E-state index in [9.17, 15) is 24.0 Å². The molecule has 0 fully saturated rings. The SMILES string of the molecule is COC(=O)[C@H](Cc1ccccc1)NC(=O)[C@H](CCSC)N[Se]C(=O)CNC(=O)[C@H](CC(C)C)NC(=O)OC(C)(C)C. The van der Waals surface area contributed by atoms with Crippen molar-refractivity contribution in [2.75, 3.05) is 25.7 Å². The van der Waals surface area contributed by atoms with Crippen LogP contribution in [0.15, 0.2) is 30.3 Å². The Bertz CT molecular complexity index is 1000. The third-order valence-electron chi connectivity index (χ3n) is 5.45. The molecule has 0 unspecified atom stereocenters. The van der Waals surface area contributed by atoms with Crippen LogP contribution in [0.3, 0.4) is 0 Å². The van der Waals surface area contributed by atoms with E-state index in [4.69, 9.17) is 9.47 Å². The van der Waals surface area contributed by atoms with Crippen LogP contribution in [0.1, 0.15) is 53.0 Å². The molecule has 0 aliphatic rings. The molecular weight excluding hydrogens is 615 g/mol. The maximum atomic E-state index is 13.1. The molecule has 230 valence electrons. The van der Waals surface area contributed by atoms with Gasteiger partial charge in [0.25, 0.3) is 0 Å². The maximum absolute atomic E-state index is 13.1. The van der Waals surface area contributed by atoms with Crippen LogP contribution in [-0.2, 0) is 35.1 Å². The van der Waals surface area contributed by atoms with Gasteiger partial charge in [-0.2, -0.15) is 0 Å². The van der Waals surface area contributed by atoms with E-state index in [2.05, 4.69) is 20.3 Å². The van der Waals surface area contributed by atoms with E-state index in [1.54, 1.807) is 32.5 Å². The summed E-state index contributed by atoms with van der Waals surface area (Å²) in [4.78, 5) is 63.1. The van der Waals surface area contributed by atoms with Crippen molar-refractivity contribution in [2.24, 2.45) is 5.92 Å². The molecule has 1 rings (SSSR count). The third kappa shape index (κ3) is 15.8. The minimum absolute atomic E-state index is 0.105. The number of methoxy groups -OCH3 is 1. The van der Waals surface area contributed by atoms with Gasteiger partial charge in [-0.3, -0.25) is 0 Å². The van der Waals surface area contributed by atoms with Crippen LogP contribution in [0.5, 0.6) is 0 Å². The fourth-order valence-electron chi connectivity index (χ4n) is 3.55. The molecule has 0 aromatic heterocycles. The van der Waals surface area contributed by atoms with Crippen molar-refractivity contribution >= 4 is 55.5 Å². The summed E-state index contributed by atoms with van der Waals surface area (Å²) in [7, 11) is 1.26. The average molecular weight is 660 g/mol. The molecule has 0 spiro atoms. The van der Waals surface area contributed by atoms with Gasteiger partial charge in [0.05, 0.1) is 0 Å². The number of ether oxygens (including phenoxy) is 2. The summed E-state index contributed by atoms with van der Waals surface area (Å²) in [5.74, 6) is -0.712. The Morgan fingerprint density at radius 2 is 1.61 bits per heavy atom. The Morgan fingerprint density at radius 3 is 2.17 bits per heavy atom. The Labute approximate surface area is 253 Å². The predicted molar refractivity (Wildman–Crippen MR) is 160 cm³/mol. The van der Waals surface area contributed by atoms with Crippen molar-refractivity contribution in [3.63, 3.8) is 0 Å². The van der Waals surface area contributed by atoms with Crippen molar-refractivity contribution in [1.82, 2.24) is 20.3 Å². The van der Waals surface area contributed by atoms with E-state index >= 15 is 0 Å². The number of rotatable bonds is 17. The van der Waals surface area contributed by atoms with E-state index in [-0.39, 0.29) is 23.6 Å². The molecule has 0 heterocycles. The summed E-state index contributed by atoms with van der Waals surface area (Å²) in [6.07, 6.45) is 2.26. The normalized spacial score (nSPS) is 13.5. The van der Waals surface area contributed by atoms with E-state index in [1.807, 2.05) is 50.4 Å². The van der Waals surface area contributed by atoms with E-state index in [0.29, 0.717) is 18.6 Å². The number of hydrogen-bond acceptors (Lipinski definition) is 9. The van der Waals surface area contributed by atoms with Crippen LogP contribution in [0.25, 0.3) is 0 Å². The average Bonchev–Trinajstić information content (AvgIpc) is 2.89. The van der Waals surface area contributed by atoms with Gasteiger partial charge < -0.3 is 0 Å². The Hall–Kier alpha value is -2.60. The minimum atomic E-state index is -0.883. The summed E-state index contributed by atoms with van der Waals surface area (Å²) < 4.78 is 12.9. The molecule has 0 saturated carbocycles. The summed E-state index contributed by atoms with van der Waals surface area (Å²) in [5, 5.41) is 7.92. The number of carbonyl (C=O) groups is 5. The second-order valence-corrected chi connectivity index (χ2v) is 13.6. The van der Waals surface area contributed by atoms with Crippen LogP contribution >= 0.6 is 11.8 Å². The number of amides is 3. The van der Waals surface area contributed by atoms with Crippen LogP contribution in [-0.4, -0.2) is 93.1 Å². The number of alkyl carbamates (subject to hydrolysis) is 1. The number of benzene rings is 1. The Morgan fingerprint density at radius 1 is 0.951 bits per heavy atom. The van der Waals surface area contributed by atoms with Gasteiger partial charge in [-0.25, -0.2) is 0 Å².